The topological polar surface area (TPSA) is 66.9 Å². The van der Waals surface area contributed by atoms with E-state index in [4.69, 9.17) is 0 Å². The Bertz CT molecular complexity index is 678. The highest BCUT2D eigenvalue weighted by Gasteiger charge is 2.16. The zero-order chi connectivity index (χ0) is 16.3. The summed E-state index contributed by atoms with van der Waals surface area (Å²) in [5.41, 5.74) is 2.05. The average molecular weight is 363 g/mol. The normalized spacial score (nSPS) is 11.1. The first kappa shape index (κ1) is 16.4. The summed E-state index contributed by atoms with van der Waals surface area (Å²) in [5.74, 6) is 0.347. The maximum absolute atomic E-state index is 12.0. The van der Waals surface area contributed by atoms with Gasteiger partial charge in [-0.3, -0.25) is 4.79 Å². The van der Waals surface area contributed by atoms with Crippen LogP contribution in [0.2, 0.25) is 0 Å². The highest BCUT2D eigenvalue weighted by Crippen LogP contribution is 2.25. The fraction of sp³-hybridized carbons (Fsp3) is 0.312. The summed E-state index contributed by atoms with van der Waals surface area (Å²) in [6, 6.07) is 5.98. The van der Waals surface area contributed by atoms with Crippen molar-refractivity contribution in [3.8, 4) is 0 Å². The lowest BCUT2D eigenvalue weighted by atomic mass is 10.1. The first-order chi connectivity index (χ1) is 10.2. The molecule has 6 heteroatoms. The van der Waals surface area contributed by atoms with Crippen LogP contribution in [0.1, 0.15) is 36.8 Å². The third kappa shape index (κ3) is 4.53. The molecule has 0 bridgehead atoms. The highest BCUT2D eigenvalue weighted by atomic mass is 79.9. The van der Waals surface area contributed by atoms with Gasteiger partial charge in [-0.05, 0) is 61.3 Å². The number of nitrogens with zero attached hydrogens (tertiary/aromatic N) is 2. The van der Waals surface area contributed by atoms with Crippen LogP contribution in [0.15, 0.2) is 35.1 Å². The Labute approximate surface area is 138 Å². The van der Waals surface area contributed by atoms with Crippen molar-refractivity contribution in [3.05, 3.63) is 46.3 Å². The van der Waals surface area contributed by atoms with Crippen LogP contribution in [0.3, 0.4) is 0 Å². The van der Waals surface area contributed by atoms with Gasteiger partial charge in [-0.15, -0.1) is 0 Å². The van der Waals surface area contributed by atoms with E-state index in [1.165, 1.54) is 6.20 Å². The van der Waals surface area contributed by atoms with Gasteiger partial charge in [0.25, 0.3) is 5.91 Å². The zero-order valence-corrected chi connectivity index (χ0v) is 14.7. The van der Waals surface area contributed by atoms with Gasteiger partial charge in [-0.25, -0.2) is 9.97 Å². The van der Waals surface area contributed by atoms with Gasteiger partial charge in [0.15, 0.2) is 0 Å². The van der Waals surface area contributed by atoms with Crippen LogP contribution in [-0.4, -0.2) is 21.4 Å². The quantitative estimate of drug-likeness (QED) is 0.870. The van der Waals surface area contributed by atoms with Crippen LogP contribution < -0.4 is 10.6 Å². The van der Waals surface area contributed by atoms with Crippen molar-refractivity contribution in [1.82, 2.24) is 15.3 Å². The molecular weight excluding hydrogens is 344 g/mol. The number of amides is 1. The van der Waals surface area contributed by atoms with E-state index in [1.54, 1.807) is 6.20 Å². The van der Waals surface area contributed by atoms with Crippen molar-refractivity contribution in [1.29, 1.82) is 0 Å². The van der Waals surface area contributed by atoms with Gasteiger partial charge >= 0.3 is 0 Å². The van der Waals surface area contributed by atoms with Crippen molar-refractivity contribution in [2.24, 2.45) is 0 Å². The smallest absolute Gasteiger partial charge is 0.271 e. The molecule has 0 saturated heterocycles. The summed E-state index contributed by atoms with van der Waals surface area (Å²) in [6.07, 6.45) is 3.01. The van der Waals surface area contributed by atoms with Crippen LogP contribution in [0.4, 0.5) is 11.5 Å². The molecule has 1 aromatic heterocycles. The molecule has 0 fully saturated rings. The minimum Gasteiger partial charge on any atom is -0.346 e. The van der Waals surface area contributed by atoms with Gasteiger partial charge in [0.2, 0.25) is 0 Å². The fourth-order valence-electron chi connectivity index (χ4n) is 1.77. The minimum absolute atomic E-state index is 0.233. The summed E-state index contributed by atoms with van der Waals surface area (Å²) in [4.78, 5) is 20.4. The Morgan fingerprint density at radius 3 is 2.45 bits per heavy atom. The molecule has 1 aromatic carbocycles. The molecule has 1 amide bonds. The van der Waals surface area contributed by atoms with E-state index >= 15 is 0 Å². The molecule has 0 aliphatic carbocycles. The lowest BCUT2D eigenvalue weighted by Gasteiger charge is -2.19. The fourth-order valence-corrected chi connectivity index (χ4v) is 2.37. The number of aromatic nitrogens is 2. The van der Waals surface area contributed by atoms with Crippen LogP contribution >= 0.6 is 15.9 Å². The number of benzene rings is 1. The number of rotatable bonds is 3. The van der Waals surface area contributed by atoms with Crippen LogP contribution in [0, 0.1) is 6.92 Å². The summed E-state index contributed by atoms with van der Waals surface area (Å²) in [6.45, 7) is 7.78. The Morgan fingerprint density at radius 2 is 1.91 bits per heavy atom. The van der Waals surface area contributed by atoms with E-state index < -0.39 is 0 Å². The molecule has 2 N–H and O–H groups in total. The molecule has 1 heterocycles. The number of hydrogen-bond donors (Lipinski definition) is 2. The molecule has 2 aromatic rings. The molecule has 2 rings (SSSR count). The van der Waals surface area contributed by atoms with E-state index in [2.05, 4.69) is 36.5 Å². The monoisotopic (exact) mass is 362 g/mol. The van der Waals surface area contributed by atoms with Crippen molar-refractivity contribution in [3.63, 3.8) is 0 Å². The number of nitrogens with one attached hydrogen (secondary N) is 2. The summed E-state index contributed by atoms with van der Waals surface area (Å²) in [5, 5.41) is 6.01. The van der Waals surface area contributed by atoms with Gasteiger partial charge in [0, 0.05) is 10.0 Å². The second-order valence-electron chi connectivity index (χ2n) is 6.10. The van der Waals surface area contributed by atoms with Crippen molar-refractivity contribution in [2.75, 3.05) is 5.32 Å². The van der Waals surface area contributed by atoms with E-state index in [-0.39, 0.29) is 11.4 Å². The Kier molecular flexibility index (Phi) is 4.81. The van der Waals surface area contributed by atoms with Crippen LogP contribution in [0.25, 0.3) is 0 Å². The Morgan fingerprint density at radius 1 is 1.18 bits per heavy atom. The number of anilines is 2. The first-order valence-corrected chi connectivity index (χ1v) is 7.72. The van der Waals surface area contributed by atoms with Crippen LogP contribution in [0.5, 0.6) is 0 Å². The number of carbonyl (C=O) groups excluding carboxylic acids is 1. The number of aryl methyl sites for hydroxylation is 1. The minimum atomic E-state index is -0.303. The molecule has 22 heavy (non-hydrogen) atoms. The maximum atomic E-state index is 12.0. The molecule has 0 saturated carbocycles. The molecular formula is C16H19BrN4O. The first-order valence-electron chi connectivity index (χ1n) is 6.92. The predicted molar refractivity (Wildman–Crippen MR) is 91.4 cm³/mol. The molecule has 0 radical (unpaired) electrons. The summed E-state index contributed by atoms with van der Waals surface area (Å²) >= 11 is 3.50. The standard InChI is InChI=1S/C16H19BrN4O/c1-10-5-6-12(11(17)7-10)20-14-9-18-13(8-19-14)15(22)21-16(2,3)4/h5-9H,1-4H3,(H,19,20)(H,21,22). The molecule has 0 aliphatic heterocycles. The van der Waals surface area contributed by atoms with Gasteiger partial charge in [-0.1, -0.05) is 6.07 Å². The van der Waals surface area contributed by atoms with Crippen molar-refractivity contribution in [2.45, 2.75) is 33.2 Å². The third-order valence-electron chi connectivity index (χ3n) is 2.76. The highest BCUT2D eigenvalue weighted by molar-refractivity contribution is 9.10. The lowest BCUT2D eigenvalue weighted by molar-refractivity contribution is 0.0914. The van der Waals surface area contributed by atoms with E-state index in [1.807, 2.05) is 45.9 Å². The van der Waals surface area contributed by atoms with E-state index in [0.717, 1.165) is 15.7 Å². The maximum Gasteiger partial charge on any atom is 0.271 e. The van der Waals surface area contributed by atoms with Gasteiger partial charge in [-0.2, -0.15) is 0 Å². The van der Waals surface area contributed by atoms with E-state index in [0.29, 0.717) is 11.5 Å². The van der Waals surface area contributed by atoms with Crippen molar-refractivity contribution >= 4 is 33.3 Å². The van der Waals surface area contributed by atoms with Crippen LogP contribution in [-0.2, 0) is 0 Å². The zero-order valence-electron chi connectivity index (χ0n) is 13.1. The van der Waals surface area contributed by atoms with Gasteiger partial charge in [0.05, 0.1) is 18.1 Å². The largest absolute Gasteiger partial charge is 0.346 e. The summed E-state index contributed by atoms with van der Waals surface area (Å²) < 4.78 is 0.948. The molecule has 116 valence electrons. The van der Waals surface area contributed by atoms with Crippen molar-refractivity contribution < 1.29 is 4.79 Å². The predicted octanol–water partition coefficient (Wildman–Crippen LogP) is 3.82. The second kappa shape index (κ2) is 6.44. The number of halogens is 1. The molecule has 5 nitrogen and oxygen atoms in total. The third-order valence-corrected chi connectivity index (χ3v) is 3.42. The molecule has 0 unspecified atom stereocenters. The SMILES string of the molecule is Cc1ccc(Nc2cnc(C(=O)NC(C)(C)C)cn2)c(Br)c1. The second-order valence-corrected chi connectivity index (χ2v) is 6.95. The van der Waals surface area contributed by atoms with E-state index in [9.17, 15) is 4.79 Å². The van der Waals surface area contributed by atoms with Gasteiger partial charge < -0.3 is 10.6 Å². The number of carbonyl (C=O) groups is 1. The average Bonchev–Trinajstić information content (AvgIpc) is 2.41. The Balaban J connectivity index is 2.10. The van der Waals surface area contributed by atoms with Gasteiger partial charge in [0.1, 0.15) is 11.5 Å². The molecule has 0 spiro atoms. The lowest BCUT2D eigenvalue weighted by Crippen LogP contribution is -2.40. The molecule has 0 atom stereocenters. The number of hydrogen-bond acceptors (Lipinski definition) is 4. The molecule has 0 aliphatic rings. The summed E-state index contributed by atoms with van der Waals surface area (Å²) in [7, 11) is 0. The Hall–Kier alpha value is -1.95.